The van der Waals surface area contributed by atoms with E-state index in [2.05, 4.69) is 5.32 Å². The van der Waals surface area contributed by atoms with Crippen LogP contribution in [-0.2, 0) is 6.54 Å². The third-order valence-corrected chi connectivity index (χ3v) is 2.35. The third kappa shape index (κ3) is 3.07. The van der Waals surface area contributed by atoms with Crippen LogP contribution in [0.5, 0.6) is 11.5 Å². The first-order chi connectivity index (χ1) is 8.13. The highest BCUT2D eigenvalue weighted by atomic mass is 16.6. The molecular formula is C11H16N2O4. The van der Waals surface area contributed by atoms with E-state index in [1.54, 1.807) is 6.07 Å². The number of nitrogens with one attached hydrogen (secondary N) is 1. The van der Waals surface area contributed by atoms with Gasteiger partial charge in [-0.1, -0.05) is 6.92 Å². The lowest BCUT2D eigenvalue weighted by Gasteiger charge is -2.10. The Bertz CT molecular complexity index is 407. The number of ether oxygens (including phenoxy) is 2. The molecule has 6 heteroatoms. The number of benzene rings is 1. The van der Waals surface area contributed by atoms with Crippen LogP contribution in [0.3, 0.4) is 0 Å². The Hall–Kier alpha value is -1.82. The highest BCUT2D eigenvalue weighted by molar-refractivity contribution is 5.54. The van der Waals surface area contributed by atoms with E-state index in [9.17, 15) is 10.1 Å². The van der Waals surface area contributed by atoms with Gasteiger partial charge in [0, 0.05) is 12.1 Å². The van der Waals surface area contributed by atoms with Crippen LogP contribution < -0.4 is 14.8 Å². The molecule has 0 bridgehead atoms. The van der Waals surface area contributed by atoms with Crippen LogP contribution >= 0.6 is 0 Å². The summed E-state index contributed by atoms with van der Waals surface area (Å²) >= 11 is 0. The molecule has 0 aliphatic carbocycles. The van der Waals surface area contributed by atoms with Gasteiger partial charge in [-0.15, -0.1) is 0 Å². The summed E-state index contributed by atoms with van der Waals surface area (Å²) in [5, 5.41) is 14.0. The molecule has 0 aliphatic rings. The van der Waals surface area contributed by atoms with Gasteiger partial charge in [0.05, 0.1) is 25.2 Å². The average Bonchev–Trinajstić information content (AvgIpc) is 2.34. The standard InChI is InChI=1S/C11H16N2O4/c1-4-12-7-8-5-10(16-2)11(17-3)6-9(8)13(14)15/h5-6,12H,4,7H2,1-3H3. The van der Waals surface area contributed by atoms with Crippen LogP contribution in [0.15, 0.2) is 12.1 Å². The van der Waals surface area contributed by atoms with E-state index in [1.165, 1.54) is 20.3 Å². The predicted molar refractivity (Wildman–Crippen MR) is 63.6 cm³/mol. The molecule has 0 saturated carbocycles. The van der Waals surface area contributed by atoms with Gasteiger partial charge >= 0.3 is 0 Å². The molecule has 1 aromatic rings. The molecule has 17 heavy (non-hydrogen) atoms. The highest BCUT2D eigenvalue weighted by Gasteiger charge is 2.18. The van der Waals surface area contributed by atoms with Crippen LogP contribution in [0.4, 0.5) is 5.69 Å². The summed E-state index contributed by atoms with van der Waals surface area (Å²) in [6, 6.07) is 3.01. The maximum Gasteiger partial charge on any atom is 0.277 e. The minimum absolute atomic E-state index is 0.0311. The number of hydrogen-bond acceptors (Lipinski definition) is 5. The molecule has 0 heterocycles. The minimum atomic E-state index is -0.422. The molecular weight excluding hydrogens is 224 g/mol. The van der Waals surface area contributed by atoms with Gasteiger partial charge < -0.3 is 14.8 Å². The van der Waals surface area contributed by atoms with Crippen LogP contribution in [0.2, 0.25) is 0 Å². The third-order valence-electron chi connectivity index (χ3n) is 2.35. The molecule has 94 valence electrons. The molecule has 0 unspecified atom stereocenters. The monoisotopic (exact) mass is 240 g/mol. The van der Waals surface area contributed by atoms with Crippen molar-refractivity contribution in [1.82, 2.24) is 5.32 Å². The quantitative estimate of drug-likeness (QED) is 0.605. The normalized spacial score (nSPS) is 10.1. The van der Waals surface area contributed by atoms with E-state index in [1.807, 2.05) is 6.92 Å². The van der Waals surface area contributed by atoms with E-state index < -0.39 is 4.92 Å². The second kappa shape index (κ2) is 6.05. The summed E-state index contributed by atoms with van der Waals surface area (Å²) in [4.78, 5) is 10.5. The topological polar surface area (TPSA) is 73.6 Å². The van der Waals surface area contributed by atoms with Crippen molar-refractivity contribution in [2.24, 2.45) is 0 Å². The summed E-state index contributed by atoms with van der Waals surface area (Å²) < 4.78 is 10.2. The zero-order valence-electron chi connectivity index (χ0n) is 10.1. The number of nitro groups is 1. The first-order valence-electron chi connectivity index (χ1n) is 5.24. The van der Waals surface area contributed by atoms with Gasteiger partial charge in [-0.2, -0.15) is 0 Å². The van der Waals surface area contributed by atoms with Crippen molar-refractivity contribution in [3.63, 3.8) is 0 Å². The smallest absolute Gasteiger partial charge is 0.277 e. The van der Waals surface area contributed by atoms with Gasteiger partial charge in [0.15, 0.2) is 11.5 Å². The van der Waals surface area contributed by atoms with E-state index in [4.69, 9.17) is 9.47 Å². The van der Waals surface area contributed by atoms with Crippen LogP contribution in [0.1, 0.15) is 12.5 Å². The van der Waals surface area contributed by atoms with Crippen molar-refractivity contribution in [2.75, 3.05) is 20.8 Å². The second-order valence-electron chi connectivity index (χ2n) is 3.37. The summed E-state index contributed by atoms with van der Waals surface area (Å²) in [5.41, 5.74) is 0.609. The highest BCUT2D eigenvalue weighted by Crippen LogP contribution is 2.34. The largest absolute Gasteiger partial charge is 0.493 e. The molecule has 0 atom stereocenters. The van der Waals surface area contributed by atoms with Gasteiger partial charge in [-0.25, -0.2) is 0 Å². The average molecular weight is 240 g/mol. The first kappa shape index (κ1) is 13.2. The van der Waals surface area contributed by atoms with Crippen LogP contribution in [0, 0.1) is 10.1 Å². The van der Waals surface area contributed by atoms with E-state index >= 15 is 0 Å². The Labute approximate surface area is 99.7 Å². The van der Waals surface area contributed by atoms with Crippen molar-refractivity contribution in [2.45, 2.75) is 13.5 Å². The van der Waals surface area contributed by atoms with Gasteiger partial charge in [0.1, 0.15) is 0 Å². The number of methoxy groups -OCH3 is 2. The molecule has 0 aliphatic heterocycles. The number of hydrogen-bond donors (Lipinski definition) is 1. The Kier molecular flexibility index (Phi) is 4.71. The van der Waals surface area contributed by atoms with Gasteiger partial charge in [-0.05, 0) is 12.6 Å². The lowest BCUT2D eigenvalue weighted by molar-refractivity contribution is -0.385. The summed E-state index contributed by atoms with van der Waals surface area (Å²) in [7, 11) is 2.95. The fourth-order valence-corrected chi connectivity index (χ4v) is 1.48. The predicted octanol–water partition coefficient (Wildman–Crippen LogP) is 1.72. The molecule has 6 nitrogen and oxygen atoms in total. The Morgan fingerprint density at radius 3 is 2.35 bits per heavy atom. The molecule has 0 radical (unpaired) electrons. The minimum Gasteiger partial charge on any atom is -0.493 e. The molecule has 0 aromatic heterocycles. The molecule has 1 rings (SSSR count). The van der Waals surface area contributed by atoms with E-state index in [0.717, 1.165) is 6.54 Å². The number of nitro benzene ring substituents is 1. The van der Waals surface area contributed by atoms with Crippen molar-refractivity contribution in [3.05, 3.63) is 27.8 Å². The Morgan fingerprint density at radius 1 is 1.29 bits per heavy atom. The van der Waals surface area contributed by atoms with Crippen LogP contribution in [-0.4, -0.2) is 25.7 Å². The van der Waals surface area contributed by atoms with Crippen molar-refractivity contribution < 1.29 is 14.4 Å². The summed E-state index contributed by atoms with van der Waals surface area (Å²) in [5.74, 6) is 0.852. The van der Waals surface area contributed by atoms with Crippen LogP contribution in [0.25, 0.3) is 0 Å². The van der Waals surface area contributed by atoms with Crippen molar-refractivity contribution in [3.8, 4) is 11.5 Å². The van der Waals surface area contributed by atoms with E-state index in [-0.39, 0.29) is 5.69 Å². The fraction of sp³-hybridized carbons (Fsp3) is 0.455. The first-order valence-corrected chi connectivity index (χ1v) is 5.24. The zero-order valence-corrected chi connectivity index (χ0v) is 10.1. The Balaban J connectivity index is 3.19. The Morgan fingerprint density at radius 2 is 1.88 bits per heavy atom. The van der Waals surface area contributed by atoms with Crippen molar-refractivity contribution >= 4 is 5.69 Å². The maximum atomic E-state index is 10.9. The molecule has 1 aromatic carbocycles. The molecule has 0 amide bonds. The van der Waals surface area contributed by atoms with E-state index in [0.29, 0.717) is 23.6 Å². The van der Waals surface area contributed by atoms with Gasteiger partial charge in [0.25, 0.3) is 5.69 Å². The molecule has 0 fully saturated rings. The van der Waals surface area contributed by atoms with Gasteiger partial charge in [0.2, 0.25) is 0 Å². The van der Waals surface area contributed by atoms with Crippen molar-refractivity contribution in [1.29, 1.82) is 0 Å². The lowest BCUT2D eigenvalue weighted by atomic mass is 10.1. The maximum absolute atomic E-state index is 10.9. The SMILES string of the molecule is CCNCc1cc(OC)c(OC)cc1[N+](=O)[O-]. The summed E-state index contributed by atoms with van der Waals surface area (Å²) in [6.07, 6.45) is 0. The zero-order chi connectivity index (χ0) is 12.8. The molecule has 0 spiro atoms. The summed E-state index contributed by atoms with van der Waals surface area (Å²) in [6.45, 7) is 3.10. The number of nitrogens with zero attached hydrogens (tertiary/aromatic N) is 1. The molecule has 1 N–H and O–H groups in total. The fourth-order valence-electron chi connectivity index (χ4n) is 1.48. The number of rotatable bonds is 6. The molecule has 0 saturated heterocycles. The lowest BCUT2D eigenvalue weighted by Crippen LogP contribution is -2.13. The second-order valence-corrected chi connectivity index (χ2v) is 3.37. The van der Waals surface area contributed by atoms with Gasteiger partial charge in [-0.3, -0.25) is 10.1 Å².